The summed E-state index contributed by atoms with van der Waals surface area (Å²) < 4.78 is 37.6. The number of piperidine rings is 1. The fourth-order valence-electron chi connectivity index (χ4n) is 2.92. The molecule has 1 N–H and O–H groups in total. The van der Waals surface area contributed by atoms with Crippen LogP contribution in [0, 0.1) is 5.92 Å². The SMILES string of the molecule is CC(CN1CCCC(C(=O)O)C1)c1ccc(C(F)(F)F)cc1. The molecule has 6 heteroatoms. The molecule has 3 nitrogen and oxygen atoms in total. The normalized spacial score (nSPS) is 21.5. The zero-order valence-electron chi connectivity index (χ0n) is 12.4. The van der Waals surface area contributed by atoms with Crippen molar-refractivity contribution in [1.29, 1.82) is 0 Å². The van der Waals surface area contributed by atoms with E-state index in [0.717, 1.165) is 30.7 Å². The topological polar surface area (TPSA) is 40.5 Å². The Hall–Kier alpha value is -1.56. The highest BCUT2D eigenvalue weighted by atomic mass is 19.4. The summed E-state index contributed by atoms with van der Waals surface area (Å²) in [5.41, 5.74) is 0.192. The summed E-state index contributed by atoms with van der Waals surface area (Å²) in [5, 5.41) is 9.08. The van der Waals surface area contributed by atoms with Gasteiger partial charge in [-0.15, -0.1) is 0 Å². The first kappa shape index (κ1) is 16.8. The van der Waals surface area contributed by atoms with Crippen molar-refractivity contribution in [2.24, 2.45) is 5.92 Å². The van der Waals surface area contributed by atoms with Gasteiger partial charge in [0, 0.05) is 13.1 Å². The van der Waals surface area contributed by atoms with Crippen LogP contribution in [-0.4, -0.2) is 35.6 Å². The maximum atomic E-state index is 12.5. The van der Waals surface area contributed by atoms with Gasteiger partial charge in [0.1, 0.15) is 0 Å². The third-order valence-corrected chi connectivity index (χ3v) is 4.19. The lowest BCUT2D eigenvalue weighted by Gasteiger charge is -2.32. The predicted octanol–water partition coefficient (Wildman–Crippen LogP) is 3.61. The van der Waals surface area contributed by atoms with Crippen molar-refractivity contribution < 1.29 is 23.1 Å². The Kier molecular flexibility index (Phi) is 5.11. The first-order chi connectivity index (χ1) is 10.3. The third-order valence-electron chi connectivity index (χ3n) is 4.19. The second-order valence-electron chi connectivity index (χ2n) is 5.96. The largest absolute Gasteiger partial charge is 0.481 e. The van der Waals surface area contributed by atoms with Crippen LogP contribution in [0.25, 0.3) is 0 Å². The summed E-state index contributed by atoms with van der Waals surface area (Å²) in [4.78, 5) is 13.1. The van der Waals surface area contributed by atoms with Gasteiger partial charge < -0.3 is 10.0 Å². The first-order valence-corrected chi connectivity index (χ1v) is 7.39. The molecule has 1 saturated heterocycles. The molecule has 22 heavy (non-hydrogen) atoms. The molecule has 0 aromatic heterocycles. The zero-order chi connectivity index (χ0) is 16.3. The molecule has 0 saturated carbocycles. The summed E-state index contributed by atoms with van der Waals surface area (Å²) in [5.74, 6) is -1.05. The third kappa shape index (κ3) is 4.22. The number of benzene rings is 1. The predicted molar refractivity (Wildman–Crippen MR) is 76.7 cm³/mol. The smallest absolute Gasteiger partial charge is 0.416 e. The lowest BCUT2D eigenvalue weighted by atomic mass is 9.95. The lowest BCUT2D eigenvalue weighted by molar-refractivity contribution is -0.143. The number of nitrogens with zero attached hydrogens (tertiary/aromatic N) is 1. The molecule has 2 rings (SSSR count). The van der Waals surface area contributed by atoms with Crippen molar-refractivity contribution >= 4 is 5.97 Å². The van der Waals surface area contributed by atoms with Crippen LogP contribution in [0.3, 0.4) is 0 Å². The van der Waals surface area contributed by atoms with Gasteiger partial charge in [0.2, 0.25) is 0 Å². The number of rotatable bonds is 4. The summed E-state index contributed by atoms with van der Waals surface area (Å²) in [6, 6.07) is 5.21. The van der Waals surface area contributed by atoms with Crippen molar-refractivity contribution in [3.05, 3.63) is 35.4 Å². The monoisotopic (exact) mass is 315 g/mol. The number of likely N-dealkylation sites (tertiary alicyclic amines) is 1. The second kappa shape index (κ2) is 6.69. The molecule has 1 fully saturated rings. The van der Waals surface area contributed by atoms with E-state index in [0.29, 0.717) is 19.5 Å². The van der Waals surface area contributed by atoms with E-state index in [9.17, 15) is 18.0 Å². The molecular weight excluding hydrogens is 295 g/mol. The van der Waals surface area contributed by atoms with Crippen molar-refractivity contribution in [3.8, 4) is 0 Å². The Morgan fingerprint density at radius 3 is 2.55 bits per heavy atom. The van der Waals surface area contributed by atoms with Gasteiger partial charge in [-0.25, -0.2) is 0 Å². The molecule has 1 aliphatic heterocycles. The molecule has 1 aliphatic rings. The van der Waals surface area contributed by atoms with Crippen molar-refractivity contribution in [2.75, 3.05) is 19.6 Å². The minimum absolute atomic E-state index is 0.0647. The number of aliphatic carboxylic acids is 1. The fraction of sp³-hybridized carbons (Fsp3) is 0.562. The van der Waals surface area contributed by atoms with Crippen LogP contribution in [0.15, 0.2) is 24.3 Å². The Balaban J connectivity index is 1.97. The van der Waals surface area contributed by atoms with E-state index in [1.54, 1.807) is 0 Å². The van der Waals surface area contributed by atoms with Crippen LogP contribution >= 0.6 is 0 Å². The zero-order valence-corrected chi connectivity index (χ0v) is 12.4. The van der Waals surface area contributed by atoms with E-state index >= 15 is 0 Å². The van der Waals surface area contributed by atoms with Crippen molar-refractivity contribution in [2.45, 2.75) is 31.9 Å². The summed E-state index contributed by atoms with van der Waals surface area (Å²) in [7, 11) is 0. The summed E-state index contributed by atoms with van der Waals surface area (Å²) >= 11 is 0. The van der Waals surface area contributed by atoms with Gasteiger partial charge in [-0.1, -0.05) is 19.1 Å². The fourth-order valence-corrected chi connectivity index (χ4v) is 2.92. The van der Waals surface area contributed by atoms with E-state index in [2.05, 4.69) is 4.90 Å². The molecule has 0 bridgehead atoms. The van der Waals surface area contributed by atoms with Gasteiger partial charge >= 0.3 is 12.1 Å². The number of hydrogen-bond donors (Lipinski definition) is 1. The Labute approximate surface area is 127 Å². The van der Waals surface area contributed by atoms with Gasteiger partial charge in [0.05, 0.1) is 11.5 Å². The molecule has 1 aromatic carbocycles. The molecule has 1 heterocycles. The molecular formula is C16H20F3NO2. The van der Waals surface area contributed by atoms with E-state index < -0.39 is 17.7 Å². The Morgan fingerprint density at radius 1 is 1.36 bits per heavy atom. The molecule has 0 aliphatic carbocycles. The average Bonchev–Trinajstić information content (AvgIpc) is 2.46. The van der Waals surface area contributed by atoms with Gasteiger partial charge in [-0.2, -0.15) is 13.2 Å². The van der Waals surface area contributed by atoms with Gasteiger partial charge in [-0.05, 0) is 43.0 Å². The van der Waals surface area contributed by atoms with Crippen LogP contribution in [0.5, 0.6) is 0 Å². The van der Waals surface area contributed by atoms with Crippen LogP contribution in [0.1, 0.15) is 36.8 Å². The highest BCUT2D eigenvalue weighted by Gasteiger charge is 2.30. The van der Waals surface area contributed by atoms with Gasteiger partial charge in [0.25, 0.3) is 0 Å². The average molecular weight is 315 g/mol. The molecule has 0 radical (unpaired) electrons. The van der Waals surface area contributed by atoms with Crippen LogP contribution < -0.4 is 0 Å². The highest BCUT2D eigenvalue weighted by molar-refractivity contribution is 5.70. The Morgan fingerprint density at radius 2 is 2.00 bits per heavy atom. The standard InChI is InChI=1S/C16H20F3NO2/c1-11(9-20-8-2-3-13(10-20)15(21)22)12-4-6-14(7-5-12)16(17,18)19/h4-7,11,13H,2-3,8-10H2,1H3,(H,21,22). The van der Waals surface area contributed by atoms with E-state index in [-0.39, 0.29) is 11.8 Å². The molecule has 1 aromatic rings. The quantitative estimate of drug-likeness (QED) is 0.923. The van der Waals surface area contributed by atoms with Crippen LogP contribution in [0.2, 0.25) is 0 Å². The number of carboxylic acids is 1. The van der Waals surface area contributed by atoms with Crippen molar-refractivity contribution in [1.82, 2.24) is 4.90 Å². The first-order valence-electron chi connectivity index (χ1n) is 7.39. The number of halogens is 3. The molecule has 0 spiro atoms. The van der Waals surface area contributed by atoms with E-state index in [4.69, 9.17) is 5.11 Å². The minimum atomic E-state index is -4.32. The maximum Gasteiger partial charge on any atom is 0.416 e. The van der Waals surface area contributed by atoms with Crippen molar-refractivity contribution in [3.63, 3.8) is 0 Å². The van der Waals surface area contributed by atoms with E-state index in [1.165, 1.54) is 12.1 Å². The number of alkyl halides is 3. The number of carboxylic acid groups (broad SMARTS) is 1. The maximum absolute atomic E-state index is 12.5. The van der Waals surface area contributed by atoms with Crippen LogP contribution in [-0.2, 0) is 11.0 Å². The number of hydrogen-bond acceptors (Lipinski definition) is 2. The summed E-state index contributed by atoms with van der Waals surface area (Å²) in [6.07, 6.45) is -2.78. The molecule has 0 amide bonds. The lowest BCUT2D eigenvalue weighted by Crippen LogP contribution is -2.40. The van der Waals surface area contributed by atoms with E-state index in [1.807, 2.05) is 6.92 Å². The molecule has 122 valence electrons. The Bertz CT molecular complexity index is 513. The van der Waals surface area contributed by atoms with Gasteiger partial charge in [-0.3, -0.25) is 4.79 Å². The summed E-state index contributed by atoms with van der Waals surface area (Å²) in [6.45, 7) is 3.97. The molecule has 2 unspecified atom stereocenters. The second-order valence-corrected chi connectivity index (χ2v) is 5.96. The minimum Gasteiger partial charge on any atom is -0.481 e. The molecule has 2 atom stereocenters. The van der Waals surface area contributed by atoms with Gasteiger partial charge in [0.15, 0.2) is 0 Å². The highest BCUT2D eigenvalue weighted by Crippen LogP contribution is 2.30. The van der Waals surface area contributed by atoms with Crippen LogP contribution in [0.4, 0.5) is 13.2 Å². The number of carbonyl (C=O) groups is 1.